The summed E-state index contributed by atoms with van der Waals surface area (Å²) < 4.78 is 0. The van der Waals surface area contributed by atoms with Crippen LogP contribution in [0, 0.1) is 13.8 Å². The van der Waals surface area contributed by atoms with Crippen molar-refractivity contribution in [1.29, 1.82) is 0 Å². The Morgan fingerprint density at radius 2 is 1.93 bits per heavy atom. The molecule has 1 aromatic carbocycles. The van der Waals surface area contributed by atoms with Crippen LogP contribution in [0.5, 0.6) is 5.75 Å². The average Bonchev–Trinajstić information content (AvgIpc) is 2.93. The van der Waals surface area contributed by atoms with E-state index in [1.807, 2.05) is 19.9 Å². The smallest absolute Gasteiger partial charge is 0.235 e. The van der Waals surface area contributed by atoms with Gasteiger partial charge in [0.25, 0.3) is 0 Å². The van der Waals surface area contributed by atoms with Gasteiger partial charge in [0, 0.05) is 5.56 Å². The number of benzene rings is 1. The second-order valence-corrected chi connectivity index (χ2v) is 4.19. The number of phenolic OH excluding ortho intramolecular Hbond substituents is 1. The third-order valence-electron chi connectivity index (χ3n) is 3.10. The van der Waals surface area contributed by atoms with Crippen molar-refractivity contribution in [3.05, 3.63) is 28.8 Å². The minimum atomic E-state index is -0.482. The summed E-state index contributed by atoms with van der Waals surface area (Å²) in [6.45, 7) is 3.93. The zero-order valence-corrected chi connectivity index (χ0v) is 8.87. The first-order valence-electron chi connectivity index (χ1n) is 4.99. The lowest BCUT2D eigenvalue weighted by Gasteiger charge is -2.12. The standard InChI is InChI=1S/C12H13NO2/c1-8-5-10(11(15)6-9(8)2)12(3-4-12)13-7-14/h5-6,15H,3-4H2,1-2H3. The van der Waals surface area contributed by atoms with Crippen LogP contribution in [-0.4, -0.2) is 11.2 Å². The fourth-order valence-electron chi connectivity index (χ4n) is 1.82. The van der Waals surface area contributed by atoms with E-state index in [0.29, 0.717) is 0 Å². The van der Waals surface area contributed by atoms with Gasteiger partial charge in [0.2, 0.25) is 6.08 Å². The lowest BCUT2D eigenvalue weighted by Crippen LogP contribution is -2.03. The molecule has 0 aliphatic heterocycles. The van der Waals surface area contributed by atoms with Crippen molar-refractivity contribution in [1.82, 2.24) is 0 Å². The monoisotopic (exact) mass is 203 g/mol. The zero-order chi connectivity index (χ0) is 11.1. The highest BCUT2D eigenvalue weighted by molar-refractivity contribution is 5.50. The SMILES string of the molecule is Cc1cc(O)c(C2(N=C=O)CC2)cc1C. The number of aryl methyl sites for hydroxylation is 2. The first-order chi connectivity index (χ1) is 7.09. The van der Waals surface area contributed by atoms with E-state index in [9.17, 15) is 9.90 Å². The maximum absolute atomic E-state index is 10.3. The van der Waals surface area contributed by atoms with Crippen molar-refractivity contribution in [3.8, 4) is 5.75 Å². The lowest BCUT2D eigenvalue weighted by atomic mass is 9.98. The van der Waals surface area contributed by atoms with Crippen LogP contribution in [0.3, 0.4) is 0 Å². The van der Waals surface area contributed by atoms with E-state index in [4.69, 9.17) is 0 Å². The molecule has 0 aromatic heterocycles. The summed E-state index contributed by atoms with van der Waals surface area (Å²) in [5.74, 6) is 0.231. The van der Waals surface area contributed by atoms with Crippen molar-refractivity contribution in [2.45, 2.75) is 32.2 Å². The van der Waals surface area contributed by atoms with Gasteiger partial charge in [0.15, 0.2) is 0 Å². The van der Waals surface area contributed by atoms with Crippen LogP contribution in [0.4, 0.5) is 0 Å². The molecule has 0 saturated heterocycles. The summed E-state index contributed by atoms with van der Waals surface area (Å²) in [5.41, 5.74) is 2.43. The first-order valence-corrected chi connectivity index (χ1v) is 4.99. The summed E-state index contributed by atoms with van der Waals surface area (Å²) in [7, 11) is 0. The van der Waals surface area contributed by atoms with Crippen LogP contribution in [0.15, 0.2) is 17.1 Å². The van der Waals surface area contributed by atoms with Crippen LogP contribution >= 0.6 is 0 Å². The quantitative estimate of drug-likeness (QED) is 0.592. The molecule has 3 nitrogen and oxygen atoms in total. The van der Waals surface area contributed by atoms with Crippen molar-refractivity contribution in [2.24, 2.45) is 4.99 Å². The van der Waals surface area contributed by atoms with Gasteiger partial charge in [-0.05, 0) is 49.9 Å². The molecule has 0 heterocycles. The molecule has 2 rings (SSSR count). The maximum atomic E-state index is 10.3. The molecule has 3 heteroatoms. The number of aromatic hydroxyl groups is 1. The van der Waals surface area contributed by atoms with Gasteiger partial charge >= 0.3 is 0 Å². The molecule has 1 fully saturated rings. The Kier molecular flexibility index (Phi) is 2.13. The van der Waals surface area contributed by atoms with Gasteiger partial charge in [-0.3, -0.25) is 0 Å². The maximum Gasteiger partial charge on any atom is 0.235 e. The Morgan fingerprint density at radius 3 is 2.47 bits per heavy atom. The number of hydrogen-bond donors (Lipinski definition) is 1. The number of rotatable bonds is 2. The summed E-state index contributed by atoms with van der Waals surface area (Å²) in [6, 6.07) is 3.64. The Bertz CT molecular complexity index is 455. The third-order valence-corrected chi connectivity index (χ3v) is 3.10. The fourth-order valence-corrected chi connectivity index (χ4v) is 1.82. The van der Waals surface area contributed by atoms with Gasteiger partial charge in [0.1, 0.15) is 11.3 Å². The van der Waals surface area contributed by atoms with Crippen molar-refractivity contribution >= 4 is 6.08 Å². The van der Waals surface area contributed by atoms with Gasteiger partial charge in [-0.1, -0.05) is 0 Å². The molecule has 0 spiro atoms. The molecule has 1 aliphatic rings. The highest BCUT2D eigenvalue weighted by atomic mass is 16.3. The van der Waals surface area contributed by atoms with E-state index >= 15 is 0 Å². The summed E-state index contributed by atoms with van der Waals surface area (Å²) in [6.07, 6.45) is 3.23. The topological polar surface area (TPSA) is 49.7 Å². The van der Waals surface area contributed by atoms with E-state index in [2.05, 4.69) is 4.99 Å². The number of isocyanates is 1. The molecule has 0 bridgehead atoms. The predicted molar refractivity (Wildman–Crippen MR) is 56.6 cm³/mol. The molecule has 1 N–H and O–H groups in total. The molecule has 1 aromatic rings. The second kappa shape index (κ2) is 3.21. The van der Waals surface area contributed by atoms with E-state index in [1.54, 1.807) is 12.1 Å². The normalized spacial score (nSPS) is 16.9. The number of carbonyl (C=O) groups excluding carboxylic acids is 1. The number of phenols is 1. The van der Waals surface area contributed by atoms with E-state index in [0.717, 1.165) is 29.5 Å². The lowest BCUT2D eigenvalue weighted by molar-refractivity contribution is 0.458. The van der Waals surface area contributed by atoms with Crippen LogP contribution in [0.2, 0.25) is 0 Å². The van der Waals surface area contributed by atoms with Crippen LogP contribution in [0.25, 0.3) is 0 Å². The Labute approximate surface area is 88.5 Å². The van der Waals surface area contributed by atoms with Crippen LogP contribution in [0.1, 0.15) is 29.5 Å². The average molecular weight is 203 g/mol. The van der Waals surface area contributed by atoms with Gasteiger partial charge in [0.05, 0.1) is 0 Å². The van der Waals surface area contributed by atoms with Crippen molar-refractivity contribution < 1.29 is 9.90 Å². The zero-order valence-electron chi connectivity index (χ0n) is 8.87. The van der Waals surface area contributed by atoms with E-state index in [-0.39, 0.29) is 5.75 Å². The van der Waals surface area contributed by atoms with Gasteiger partial charge in [-0.25, -0.2) is 4.79 Å². The molecular formula is C12H13NO2. The van der Waals surface area contributed by atoms with Gasteiger partial charge in [-0.15, -0.1) is 0 Å². The number of hydrogen-bond acceptors (Lipinski definition) is 3. The number of aliphatic imine (C=N–C) groups is 1. The molecule has 1 saturated carbocycles. The molecule has 0 atom stereocenters. The molecule has 1 aliphatic carbocycles. The third kappa shape index (κ3) is 1.55. The summed E-state index contributed by atoms with van der Waals surface area (Å²) in [5, 5.41) is 9.83. The van der Waals surface area contributed by atoms with E-state index in [1.165, 1.54) is 0 Å². The molecule has 0 radical (unpaired) electrons. The minimum absolute atomic E-state index is 0.231. The highest BCUT2D eigenvalue weighted by Gasteiger charge is 2.46. The van der Waals surface area contributed by atoms with Gasteiger partial charge in [-0.2, -0.15) is 4.99 Å². The summed E-state index contributed by atoms with van der Waals surface area (Å²) >= 11 is 0. The molecule has 78 valence electrons. The Balaban J connectivity index is 2.54. The van der Waals surface area contributed by atoms with Crippen LogP contribution < -0.4 is 0 Å². The molecule has 0 amide bonds. The van der Waals surface area contributed by atoms with E-state index < -0.39 is 5.54 Å². The fraction of sp³-hybridized carbons (Fsp3) is 0.417. The molecule has 15 heavy (non-hydrogen) atoms. The Morgan fingerprint density at radius 1 is 1.33 bits per heavy atom. The number of nitrogens with zero attached hydrogens (tertiary/aromatic N) is 1. The van der Waals surface area contributed by atoms with Crippen LogP contribution in [-0.2, 0) is 10.3 Å². The highest BCUT2D eigenvalue weighted by Crippen LogP contribution is 2.52. The minimum Gasteiger partial charge on any atom is -0.508 e. The largest absolute Gasteiger partial charge is 0.508 e. The van der Waals surface area contributed by atoms with Crippen molar-refractivity contribution in [3.63, 3.8) is 0 Å². The van der Waals surface area contributed by atoms with Gasteiger partial charge < -0.3 is 5.11 Å². The predicted octanol–water partition coefficient (Wildman–Crippen LogP) is 2.33. The second-order valence-electron chi connectivity index (χ2n) is 4.19. The molecule has 0 unspecified atom stereocenters. The Hall–Kier alpha value is -1.60. The summed E-state index contributed by atoms with van der Waals surface area (Å²) in [4.78, 5) is 14.1. The first kappa shape index (κ1) is 9.94. The van der Waals surface area contributed by atoms with Crippen molar-refractivity contribution in [2.75, 3.05) is 0 Å². The molecular weight excluding hydrogens is 190 g/mol.